The third-order valence-electron chi connectivity index (χ3n) is 4.22. The molecular weight excluding hydrogens is 262 g/mol. The predicted octanol–water partition coefficient (Wildman–Crippen LogP) is 2.43. The highest BCUT2D eigenvalue weighted by Crippen LogP contribution is 2.23. The van der Waals surface area contributed by atoms with E-state index in [9.17, 15) is 0 Å². The van der Waals surface area contributed by atoms with Crippen molar-refractivity contribution >= 4 is 22.7 Å². The third kappa shape index (κ3) is 3.24. The first-order valence-corrected chi connectivity index (χ1v) is 7.63. The third-order valence-corrected chi connectivity index (χ3v) is 4.22. The number of para-hydroxylation sites is 1. The second kappa shape index (κ2) is 6.26. The topological polar surface area (TPSA) is 53.1 Å². The summed E-state index contributed by atoms with van der Waals surface area (Å²) >= 11 is 0. The molecule has 112 valence electrons. The molecule has 0 radical (unpaired) electrons. The van der Waals surface area contributed by atoms with E-state index in [2.05, 4.69) is 38.6 Å². The highest BCUT2D eigenvalue weighted by molar-refractivity contribution is 5.89. The van der Waals surface area contributed by atoms with Crippen molar-refractivity contribution in [3.05, 3.63) is 24.3 Å². The lowest BCUT2D eigenvalue weighted by Gasteiger charge is -2.29. The number of aromatic nitrogens is 2. The van der Waals surface area contributed by atoms with Gasteiger partial charge in [-0.25, -0.2) is 4.98 Å². The molecule has 3 rings (SSSR count). The Balaban J connectivity index is 1.76. The van der Waals surface area contributed by atoms with Crippen LogP contribution in [0.15, 0.2) is 24.3 Å². The molecular formula is C16H23N5. The molecule has 1 aromatic heterocycles. The molecule has 5 nitrogen and oxygen atoms in total. The summed E-state index contributed by atoms with van der Waals surface area (Å²) in [4.78, 5) is 11.5. The Morgan fingerprint density at radius 1 is 1.19 bits per heavy atom. The number of likely N-dealkylation sites (tertiary alicyclic amines) is 1. The fourth-order valence-electron chi connectivity index (χ4n) is 2.83. The van der Waals surface area contributed by atoms with Crippen molar-refractivity contribution in [1.82, 2.24) is 14.9 Å². The molecule has 0 atom stereocenters. The summed E-state index contributed by atoms with van der Waals surface area (Å²) in [6.45, 7) is 3.37. The van der Waals surface area contributed by atoms with Crippen LogP contribution in [0.3, 0.4) is 0 Å². The minimum Gasteiger partial charge on any atom is -0.369 e. The zero-order valence-corrected chi connectivity index (χ0v) is 12.8. The van der Waals surface area contributed by atoms with Crippen molar-refractivity contribution in [2.24, 2.45) is 5.92 Å². The number of benzene rings is 1. The van der Waals surface area contributed by atoms with E-state index in [4.69, 9.17) is 0 Å². The van der Waals surface area contributed by atoms with E-state index in [0.717, 1.165) is 29.2 Å². The highest BCUT2D eigenvalue weighted by Gasteiger charge is 2.17. The van der Waals surface area contributed by atoms with Gasteiger partial charge in [-0.2, -0.15) is 4.98 Å². The van der Waals surface area contributed by atoms with E-state index >= 15 is 0 Å². The van der Waals surface area contributed by atoms with Crippen molar-refractivity contribution in [1.29, 1.82) is 0 Å². The summed E-state index contributed by atoms with van der Waals surface area (Å²) in [6.07, 6.45) is 2.51. The maximum atomic E-state index is 4.57. The lowest BCUT2D eigenvalue weighted by molar-refractivity contribution is 0.226. The molecule has 1 aliphatic rings. The van der Waals surface area contributed by atoms with Crippen LogP contribution in [0.5, 0.6) is 0 Å². The zero-order valence-electron chi connectivity index (χ0n) is 12.8. The van der Waals surface area contributed by atoms with E-state index in [1.54, 1.807) is 0 Å². The number of rotatable bonds is 4. The van der Waals surface area contributed by atoms with Crippen molar-refractivity contribution in [3.8, 4) is 0 Å². The molecule has 0 unspecified atom stereocenters. The summed E-state index contributed by atoms with van der Waals surface area (Å²) in [5.41, 5.74) is 0.975. The molecule has 1 fully saturated rings. The van der Waals surface area contributed by atoms with Crippen LogP contribution in [0.1, 0.15) is 12.8 Å². The van der Waals surface area contributed by atoms with Gasteiger partial charge < -0.3 is 15.5 Å². The highest BCUT2D eigenvalue weighted by atomic mass is 15.1. The van der Waals surface area contributed by atoms with Crippen LogP contribution >= 0.6 is 0 Å². The first kappa shape index (κ1) is 14.1. The van der Waals surface area contributed by atoms with E-state index in [-0.39, 0.29) is 0 Å². The lowest BCUT2D eigenvalue weighted by atomic mass is 9.97. The van der Waals surface area contributed by atoms with Gasteiger partial charge in [0.1, 0.15) is 5.82 Å². The van der Waals surface area contributed by atoms with Crippen LogP contribution < -0.4 is 10.6 Å². The van der Waals surface area contributed by atoms with Gasteiger partial charge in [0.25, 0.3) is 0 Å². The normalized spacial score (nSPS) is 17.0. The Morgan fingerprint density at radius 2 is 1.95 bits per heavy atom. The van der Waals surface area contributed by atoms with Crippen LogP contribution in [-0.2, 0) is 0 Å². The first-order chi connectivity index (χ1) is 10.3. The Labute approximate surface area is 125 Å². The molecule has 0 bridgehead atoms. The average Bonchev–Trinajstić information content (AvgIpc) is 2.53. The van der Waals surface area contributed by atoms with Gasteiger partial charge in [0.2, 0.25) is 5.95 Å². The number of fused-ring (bicyclic) bond motifs is 1. The van der Waals surface area contributed by atoms with Crippen molar-refractivity contribution in [2.75, 3.05) is 44.4 Å². The molecule has 5 heteroatoms. The molecule has 2 N–H and O–H groups in total. The Bertz CT molecular complexity index is 605. The molecule has 1 aromatic carbocycles. The molecule has 1 saturated heterocycles. The number of nitrogens with zero attached hydrogens (tertiary/aromatic N) is 3. The van der Waals surface area contributed by atoms with E-state index in [1.165, 1.54) is 25.9 Å². The average molecular weight is 285 g/mol. The maximum absolute atomic E-state index is 4.57. The monoisotopic (exact) mass is 285 g/mol. The van der Waals surface area contributed by atoms with Gasteiger partial charge in [-0.15, -0.1) is 0 Å². The fourth-order valence-corrected chi connectivity index (χ4v) is 2.83. The summed E-state index contributed by atoms with van der Waals surface area (Å²) in [6, 6.07) is 8.14. The quantitative estimate of drug-likeness (QED) is 0.903. The minimum absolute atomic E-state index is 0.666. The van der Waals surface area contributed by atoms with Crippen molar-refractivity contribution < 1.29 is 0 Å². The zero-order chi connectivity index (χ0) is 14.7. The van der Waals surface area contributed by atoms with Gasteiger partial charge in [-0.05, 0) is 51.0 Å². The molecule has 1 aliphatic heterocycles. The van der Waals surface area contributed by atoms with E-state index < -0.39 is 0 Å². The van der Waals surface area contributed by atoms with Crippen LogP contribution in [0, 0.1) is 5.92 Å². The Hall–Kier alpha value is -1.88. The second-order valence-corrected chi connectivity index (χ2v) is 5.79. The van der Waals surface area contributed by atoms with Gasteiger partial charge in [0.15, 0.2) is 0 Å². The van der Waals surface area contributed by atoms with Crippen LogP contribution in [0.2, 0.25) is 0 Å². The summed E-state index contributed by atoms with van der Waals surface area (Å²) in [7, 11) is 4.05. The standard InChI is InChI=1S/C16H23N5/c1-17-16-19-14-6-4-3-5-13(14)15(20-16)18-11-12-7-9-21(2)10-8-12/h3-6,12H,7-11H2,1-2H3,(H2,17,18,19,20). The molecule has 0 saturated carbocycles. The summed E-state index contributed by atoms with van der Waals surface area (Å²) in [5, 5.41) is 7.66. The van der Waals surface area contributed by atoms with E-state index in [1.807, 2.05) is 25.2 Å². The number of nitrogens with one attached hydrogen (secondary N) is 2. The SMILES string of the molecule is CNc1nc(NCC2CCN(C)CC2)c2ccccc2n1. The van der Waals surface area contributed by atoms with Crippen molar-refractivity contribution in [3.63, 3.8) is 0 Å². The van der Waals surface area contributed by atoms with Gasteiger partial charge in [-0.1, -0.05) is 12.1 Å². The second-order valence-electron chi connectivity index (χ2n) is 5.79. The molecule has 2 aromatic rings. The smallest absolute Gasteiger partial charge is 0.224 e. The van der Waals surface area contributed by atoms with Crippen LogP contribution in [0.4, 0.5) is 11.8 Å². The number of hydrogen-bond acceptors (Lipinski definition) is 5. The van der Waals surface area contributed by atoms with Gasteiger partial charge >= 0.3 is 0 Å². The lowest BCUT2D eigenvalue weighted by Crippen LogP contribution is -2.33. The summed E-state index contributed by atoms with van der Waals surface area (Å²) < 4.78 is 0. The number of hydrogen-bond donors (Lipinski definition) is 2. The largest absolute Gasteiger partial charge is 0.369 e. The predicted molar refractivity (Wildman–Crippen MR) is 87.8 cm³/mol. The van der Waals surface area contributed by atoms with E-state index in [0.29, 0.717) is 5.95 Å². The minimum atomic E-state index is 0.666. The molecule has 0 amide bonds. The fraction of sp³-hybridized carbons (Fsp3) is 0.500. The Kier molecular flexibility index (Phi) is 4.20. The molecule has 21 heavy (non-hydrogen) atoms. The Morgan fingerprint density at radius 3 is 2.71 bits per heavy atom. The van der Waals surface area contributed by atoms with Crippen LogP contribution in [-0.4, -0.2) is 48.6 Å². The first-order valence-electron chi connectivity index (χ1n) is 7.63. The van der Waals surface area contributed by atoms with Gasteiger partial charge in [0.05, 0.1) is 5.52 Å². The van der Waals surface area contributed by atoms with Gasteiger partial charge in [-0.3, -0.25) is 0 Å². The van der Waals surface area contributed by atoms with Crippen LogP contribution in [0.25, 0.3) is 10.9 Å². The molecule has 2 heterocycles. The maximum Gasteiger partial charge on any atom is 0.224 e. The van der Waals surface area contributed by atoms with Crippen molar-refractivity contribution in [2.45, 2.75) is 12.8 Å². The molecule has 0 aliphatic carbocycles. The van der Waals surface area contributed by atoms with Gasteiger partial charge in [0, 0.05) is 19.0 Å². The summed E-state index contributed by atoms with van der Waals surface area (Å²) in [5.74, 6) is 2.33. The molecule has 0 spiro atoms. The number of piperidine rings is 1. The number of anilines is 2.